The second-order valence-corrected chi connectivity index (χ2v) is 10.8. The molecule has 8 nitrogen and oxygen atoms in total. The van der Waals surface area contributed by atoms with Gasteiger partial charge < -0.3 is 15.8 Å². The second-order valence-electron chi connectivity index (χ2n) is 8.18. The zero-order valence-electron chi connectivity index (χ0n) is 16.9. The summed E-state index contributed by atoms with van der Waals surface area (Å²) in [6, 6.07) is 8.62. The van der Waals surface area contributed by atoms with E-state index in [9.17, 15) is 19.0 Å². The smallest absolute Gasteiger partial charge is 0.284 e. The first-order valence-electron chi connectivity index (χ1n) is 10.2. The number of para-hydroxylation sites is 1. The van der Waals surface area contributed by atoms with Crippen molar-refractivity contribution < 1.29 is 14.2 Å². The van der Waals surface area contributed by atoms with Crippen LogP contribution in [0.5, 0.6) is 5.75 Å². The van der Waals surface area contributed by atoms with Crippen molar-refractivity contribution in [3.05, 3.63) is 51.6 Å². The van der Waals surface area contributed by atoms with Crippen LogP contribution in [0.2, 0.25) is 0 Å². The van der Waals surface area contributed by atoms with Crippen LogP contribution in [-0.4, -0.2) is 30.8 Å². The molecule has 0 saturated heterocycles. The molecule has 2 aromatic heterocycles. The van der Waals surface area contributed by atoms with E-state index in [4.69, 9.17) is 0 Å². The summed E-state index contributed by atoms with van der Waals surface area (Å²) < 4.78 is 27.2. The molecule has 3 heterocycles. The van der Waals surface area contributed by atoms with Crippen LogP contribution >= 0.6 is 22.1 Å². The maximum absolute atomic E-state index is 13.5. The van der Waals surface area contributed by atoms with Crippen LogP contribution in [0.3, 0.4) is 0 Å². The van der Waals surface area contributed by atoms with Crippen LogP contribution in [0.4, 0.5) is 5.69 Å². The molecule has 0 amide bonds. The lowest BCUT2D eigenvalue weighted by Crippen LogP contribution is -2.41. The number of pyridine rings is 1. The topological polar surface area (TPSA) is 119 Å². The Balaban J connectivity index is 1.65. The van der Waals surface area contributed by atoms with Crippen LogP contribution in [0, 0.1) is 5.92 Å². The molecule has 5 N–H and O–H groups in total. The number of hydrogen-bond acceptors (Lipinski definition) is 8. The highest BCUT2D eigenvalue weighted by Crippen LogP contribution is 2.55. The molecule has 2 atom stereocenters. The summed E-state index contributed by atoms with van der Waals surface area (Å²) in [5.74, 6) is 0.306. The first-order valence-corrected chi connectivity index (χ1v) is 12.6. The Morgan fingerprint density at radius 3 is 2.87 bits per heavy atom. The number of fused-ring (bicyclic) bond motifs is 2. The molecule has 10 heteroatoms. The van der Waals surface area contributed by atoms with Crippen LogP contribution in [-0.2, 0) is 0 Å². The number of benzene rings is 1. The van der Waals surface area contributed by atoms with Crippen molar-refractivity contribution in [2.24, 2.45) is 10.3 Å². The molecule has 0 bridgehead atoms. The van der Waals surface area contributed by atoms with Crippen molar-refractivity contribution in [2.45, 2.75) is 43.5 Å². The number of rotatable bonds is 3. The molecule has 0 radical (unpaired) electrons. The molecule has 5 rings (SSSR count). The normalized spacial score (nSPS) is 23.5. The fourth-order valence-corrected chi connectivity index (χ4v) is 6.40. The van der Waals surface area contributed by atoms with E-state index in [-0.39, 0.29) is 28.1 Å². The number of anilines is 1. The molecular formula is C21H24N4O4S2. The van der Waals surface area contributed by atoms with Crippen LogP contribution < -0.4 is 16.3 Å². The van der Waals surface area contributed by atoms with Gasteiger partial charge in [-0.25, -0.2) is 4.68 Å². The van der Waals surface area contributed by atoms with Crippen molar-refractivity contribution >= 4 is 43.9 Å². The quantitative estimate of drug-likeness (QED) is 0.383. The van der Waals surface area contributed by atoms with Gasteiger partial charge in [0.25, 0.3) is 5.56 Å². The monoisotopic (exact) mass is 460 g/mol. The van der Waals surface area contributed by atoms with Gasteiger partial charge in [0.1, 0.15) is 10.5 Å². The van der Waals surface area contributed by atoms with E-state index >= 15 is 0 Å². The summed E-state index contributed by atoms with van der Waals surface area (Å²) in [5.41, 5.74) is 3.83. The van der Waals surface area contributed by atoms with Gasteiger partial charge in [-0.3, -0.25) is 13.9 Å². The third kappa shape index (κ3) is 3.49. The number of nitrogens with zero attached hydrogens (tertiary/aromatic N) is 2. The summed E-state index contributed by atoms with van der Waals surface area (Å²) in [6.07, 6.45) is 4.20. The highest BCUT2D eigenvalue weighted by atomic mass is 32.3. The summed E-state index contributed by atoms with van der Waals surface area (Å²) in [4.78, 5) is 13.8. The van der Waals surface area contributed by atoms with Crippen molar-refractivity contribution in [1.82, 2.24) is 4.68 Å². The fraction of sp³-hybridized carbons (Fsp3) is 0.333. The highest BCUT2D eigenvalue weighted by molar-refractivity contribution is 8.23. The molecule has 164 valence electrons. The Morgan fingerprint density at radius 1 is 1.26 bits per heavy atom. The lowest BCUT2D eigenvalue weighted by atomic mass is 9.87. The van der Waals surface area contributed by atoms with Crippen molar-refractivity contribution in [3.8, 4) is 5.75 Å². The van der Waals surface area contributed by atoms with E-state index in [2.05, 4.69) is 22.1 Å². The number of aromatic hydroxyl groups is 1. The zero-order chi connectivity index (χ0) is 21.8. The van der Waals surface area contributed by atoms with Gasteiger partial charge in [-0.05, 0) is 42.3 Å². The largest absolute Gasteiger partial charge is 0.505 e. The fourth-order valence-electron chi connectivity index (χ4n) is 4.41. The minimum Gasteiger partial charge on any atom is -0.505 e. The van der Waals surface area contributed by atoms with E-state index in [1.165, 1.54) is 22.4 Å². The first-order chi connectivity index (χ1) is 14.8. The predicted octanol–water partition coefficient (Wildman–Crippen LogP) is 4.79. The van der Waals surface area contributed by atoms with Crippen LogP contribution in [0.25, 0.3) is 10.2 Å². The van der Waals surface area contributed by atoms with Crippen molar-refractivity contribution in [2.75, 3.05) is 10.7 Å². The SMILES string of the molecule is C[C@@H]1CCC[C@@H](Nn2c(=O)c(C3=NS(O)(O)c4ccccc4N3)c(O)c3sccc32)C1. The number of amidine groups is 1. The van der Waals surface area contributed by atoms with Gasteiger partial charge in [0.2, 0.25) is 0 Å². The maximum Gasteiger partial charge on any atom is 0.284 e. The summed E-state index contributed by atoms with van der Waals surface area (Å²) >= 11 is 1.31. The molecule has 1 aliphatic heterocycles. The van der Waals surface area contributed by atoms with E-state index in [1.807, 2.05) is 5.38 Å². The van der Waals surface area contributed by atoms with Gasteiger partial charge >= 0.3 is 0 Å². The average Bonchev–Trinajstić information content (AvgIpc) is 3.21. The Labute approximate surface area is 184 Å². The summed E-state index contributed by atoms with van der Waals surface area (Å²) in [6.45, 7) is 2.21. The lowest BCUT2D eigenvalue weighted by Gasteiger charge is -2.34. The van der Waals surface area contributed by atoms with E-state index in [0.717, 1.165) is 19.3 Å². The van der Waals surface area contributed by atoms with E-state index in [1.54, 1.807) is 30.3 Å². The van der Waals surface area contributed by atoms with Gasteiger partial charge in [0, 0.05) is 6.04 Å². The van der Waals surface area contributed by atoms with E-state index < -0.39 is 16.3 Å². The minimum absolute atomic E-state index is 0.0518. The zero-order valence-corrected chi connectivity index (χ0v) is 18.5. The van der Waals surface area contributed by atoms with E-state index in [0.29, 0.717) is 21.8 Å². The maximum atomic E-state index is 13.5. The Bertz CT molecular complexity index is 1250. The van der Waals surface area contributed by atoms with Gasteiger partial charge in [-0.1, -0.05) is 42.7 Å². The standard InChI is InChI=1S/C21H24N4O4S2/c1-12-5-4-6-13(11-12)23-25-15-9-10-30-19(15)18(26)17(21(25)27)20-22-14-7-2-3-8-16(14)31(28,29)24-20/h2-3,7-10,12-13,23,26,28-29H,4-6,11H2,1H3,(H,22,24)/t12-,13-/m1/s1. The average molecular weight is 461 g/mol. The molecule has 31 heavy (non-hydrogen) atoms. The van der Waals surface area contributed by atoms with Gasteiger partial charge in [-0.2, -0.15) is 0 Å². The molecular weight excluding hydrogens is 436 g/mol. The predicted molar refractivity (Wildman–Crippen MR) is 126 cm³/mol. The van der Waals surface area contributed by atoms with Crippen molar-refractivity contribution in [1.29, 1.82) is 0 Å². The minimum atomic E-state index is -3.51. The third-order valence-corrected chi connectivity index (χ3v) is 8.19. The Hall–Kier alpha value is -2.53. The summed E-state index contributed by atoms with van der Waals surface area (Å²) in [7, 11) is -3.51. The van der Waals surface area contributed by atoms with Crippen LogP contribution in [0.15, 0.2) is 49.8 Å². The molecule has 0 spiro atoms. The van der Waals surface area contributed by atoms with Gasteiger partial charge in [0.05, 0.1) is 15.9 Å². The molecule has 1 saturated carbocycles. The molecule has 1 aromatic carbocycles. The molecule has 3 aromatic rings. The molecule has 2 aliphatic rings. The van der Waals surface area contributed by atoms with Crippen molar-refractivity contribution in [3.63, 3.8) is 0 Å². The first kappa shape index (κ1) is 20.4. The van der Waals surface area contributed by atoms with Gasteiger partial charge in [0.15, 0.2) is 11.6 Å². The second kappa shape index (κ2) is 7.56. The number of hydrogen-bond donors (Lipinski definition) is 5. The number of thiophene rings is 1. The molecule has 1 fully saturated rings. The molecule has 1 aliphatic carbocycles. The van der Waals surface area contributed by atoms with Crippen LogP contribution in [0.1, 0.15) is 38.2 Å². The van der Waals surface area contributed by atoms with Gasteiger partial charge in [-0.15, -0.1) is 15.7 Å². The number of aromatic nitrogens is 1. The Morgan fingerprint density at radius 2 is 2.06 bits per heavy atom. The Kier molecular flexibility index (Phi) is 4.97. The third-order valence-electron chi connectivity index (χ3n) is 5.89. The number of nitrogens with one attached hydrogen (secondary N) is 2. The summed E-state index contributed by atoms with van der Waals surface area (Å²) in [5, 5.41) is 15.8. The molecule has 0 unspecified atom stereocenters. The lowest BCUT2D eigenvalue weighted by molar-refractivity contribution is 0.345. The highest BCUT2D eigenvalue weighted by Gasteiger charge is 2.31.